The fourth-order valence-corrected chi connectivity index (χ4v) is 0.166. The molecule has 0 amide bonds. The fraction of sp³-hybridized carbons (Fsp3) is 0. The van der Waals surface area contributed by atoms with Crippen molar-refractivity contribution >= 4 is 5.96 Å². The van der Waals surface area contributed by atoms with Crippen molar-refractivity contribution < 1.29 is 0 Å². The molecule has 0 aromatic heterocycles. The molecule has 31 valence electrons. The molecule has 0 saturated carbocycles. The maximum absolute atomic E-state index is 4.99. The summed E-state index contributed by atoms with van der Waals surface area (Å²) >= 11 is 0. The van der Waals surface area contributed by atoms with Gasteiger partial charge in [-0.1, -0.05) is 0 Å². The van der Waals surface area contributed by atoms with Crippen LogP contribution >= 0.6 is 0 Å². The lowest BCUT2D eigenvalue weighted by Gasteiger charge is -1.66. The Balaban J connectivity index is 2.61. The third-order valence-corrected chi connectivity index (χ3v) is 0.362. The number of rotatable bonds is 0. The summed E-state index contributed by atoms with van der Waals surface area (Å²) in [4.78, 5) is 0. The van der Waals surface area contributed by atoms with E-state index in [-0.39, 0.29) is 5.96 Å². The van der Waals surface area contributed by atoms with E-state index < -0.39 is 0 Å². The van der Waals surface area contributed by atoms with Crippen LogP contribution in [0.25, 0.3) is 0 Å². The zero-order valence-electron chi connectivity index (χ0n) is 2.92. The van der Waals surface area contributed by atoms with E-state index in [1.807, 2.05) is 0 Å². The standard InChI is InChI=1S/CH3N5/c2-1-3-5-6-4-1/h(H3,2,3,4,5)/q+1. The molecule has 0 bridgehead atoms. The van der Waals surface area contributed by atoms with E-state index in [0.29, 0.717) is 0 Å². The van der Waals surface area contributed by atoms with Crippen LogP contribution in [0.5, 0.6) is 0 Å². The van der Waals surface area contributed by atoms with Crippen molar-refractivity contribution in [1.82, 2.24) is 10.6 Å². The van der Waals surface area contributed by atoms with Crippen molar-refractivity contribution in [3.05, 3.63) is 0 Å². The highest BCUT2D eigenvalue weighted by molar-refractivity contribution is 5.77. The van der Waals surface area contributed by atoms with Crippen molar-refractivity contribution in [3.63, 3.8) is 0 Å². The van der Waals surface area contributed by atoms with Crippen molar-refractivity contribution in [3.8, 4) is 0 Å². The van der Waals surface area contributed by atoms with Crippen LogP contribution in [0.4, 0.5) is 0 Å². The zero-order chi connectivity index (χ0) is 4.41. The lowest BCUT2D eigenvalue weighted by molar-refractivity contribution is 0.815. The average molecular weight is 85.1 g/mol. The average Bonchev–Trinajstić information content (AvgIpc) is 1.86. The summed E-state index contributed by atoms with van der Waals surface area (Å²) in [6.07, 6.45) is 0. The molecule has 0 atom stereocenters. The highest BCUT2D eigenvalue weighted by Crippen LogP contribution is 1.69. The molecule has 5 heteroatoms. The first-order valence-electron chi connectivity index (χ1n) is 1.39. The Morgan fingerprint density at radius 2 is 2.67 bits per heavy atom. The lowest BCUT2D eigenvalue weighted by atomic mass is 11.1. The number of hydrogen-bond acceptors (Lipinski definition) is 5. The molecule has 1 heterocycles. The zero-order valence-corrected chi connectivity index (χ0v) is 2.92. The van der Waals surface area contributed by atoms with Gasteiger partial charge in [-0.15, -0.1) is 5.43 Å². The van der Waals surface area contributed by atoms with Gasteiger partial charge in [-0.05, 0) is 0 Å². The second-order valence-electron chi connectivity index (χ2n) is 0.786. The minimum atomic E-state index is 0.245. The molecular formula is CH3N5+. The van der Waals surface area contributed by atoms with Gasteiger partial charge in [0.15, 0.2) is 5.22 Å². The molecule has 5 nitrogen and oxygen atoms in total. The summed E-state index contributed by atoms with van der Waals surface area (Å²) in [7, 11) is 0. The van der Waals surface area contributed by atoms with Crippen LogP contribution in [0.2, 0.25) is 0 Å². The molecule has 0 fully saturated rings. The Morgan fingerprint density at radius 1 is 1.83 bits per heavy atom. The van der Waals surface area contributed by atoms with Crippen molar-refractivity contribution in [1.29, 1.82) is 0 Å². The van der Waals surface area contributed by atoms with Gasteiger partial charge in [0.1, 0.15) is 5.10 Å². The highest BCUT2D eigenvalue weighted by atomic mass is 15.6. The number of nitrogens with two attached hydrogens (primary N) is 1. The van der Waals surface area contributed by atoms with Gasteiger partial charge in [0.05, 0.1) is 0 Å². The van der Waals surface area contributed by atoms with E-state index >= 15 is 0 Å². The summed E-state index contributed by atoms with van der Waals surface area (Å²) in [5, 5.41) is 9.63. The molecule has 0 spiro atoms. The maximum atomic E-state index is 4.99. The van der Waals surface area contributed by atoms with E-state index in [1.54, 1.807) is 0 Å². The van der Waals surface area contributed by atoms with Gasteiger partial charge in [-0.3, -0.25) is 0 Å². The van der Waals surface area contributed by atoms with Crippen LogP contribution in [0.1, 0.15) is 0 Å². The van der Waals surface area contributed by atoms with Crippen LogP contribution in [0, 0.1) is 0 Å². The van der Waals surface area contributed by atoms with E-state index in [1.165, 1.54) is 0 Å². The predicted octanol–water partition coefficient (Wildman–Crippen LogP) is -1.48. The predicted molar refractivity (Wildman–Crippen MR) is 19.3 cm³/mol. The van der Waals surface area contributed by atoms with Gasteiger partial charge < -0.3 is 5.73 Å². The number of hydrogen-bond donors (Lipinski definition) is 2. The van der Waals surface area contributed by atoms with Crippen molar-refractivity contribution in [2.45, 2.75) is 0 Å². The fourth-order valence-electron chi connectivity index (χ4n) is 0.166. The van der Waals surface area contributed by atoms with Gasteiger partial charge in [-0.25, -0.2) is 0 Å². The molecule has 1 radical (unpaired) electrons. The highest BCUT2D eigenvalue weighted by Gasteiger charge is 2.05. The lowest BCUT2D eigenvalue weighted by Crippen LogP contribution is -2.27. The molecule has 0 aromatic rings. The first kappa shape index (κ1) is 3.08. The second-order valence-corrected chi connectivity index (χ2v) is 0.786. The minimum Gasteiger partial charge on any atom is -0.343 e. The van der Waals surface area contributed by atoms with Crippen LogP contribution in [0.3, 0.4) is 0 Å². The molecule has 1 aliphatic heterocycles. The quantitative estimate of drug-likeness (QED) is 0.376. The molecule has 0 aromatic carbocycles. The Morgan fingerprint density at radius 3 is 2.83 bits per heavy atom. The molecule has 1 rings (SSSR count). The molecule has 0 unspecified atom stereocenters. The third kappa shape index (κ3) is 0.291. The van der Waals surface area contributed by atoms with Gasteiger partial charge in [0.2, 0.25) is 5.22 Å². The van der Waals surface area contributed by atoms with E-state index in [0.717, 1.165) is 0 Å². The van der Waals surface area contributed by atoms with Gasteiger partial charge >= 0.3 is 5.96 Å². The summed E-state index contributed by atoms with van der Waals surface area (Å²) in [5.41, 5.74) is 7.29. The van der Waals surface area contributed by atoms with Gasteiger partial charge in [-0.2, -0.15) is 0 Å². The molecular weight excluding hydrogens is 82.0 g/mol. The summed E-state index contributed by atoms with van der Waals surface area (Å²) in [6.45, 7) is 0. The molecule has 0 saturated heterocycles. The summed E-state index contributed by atoms with van der Waals surface area (Å²) < 4.78 is 0. The van der Waals surface area contributed by atoms with Crippen LogP contribution in [0.15, 0.2) is 10.3 Å². The van der Waals surface area contributed by atoms with Gasteiger partial charge in [0.25, 0.3) is 0 Å². The maximum Gasteiger partial charge on any atom is 0.378 e. The van der Waals surface area contributed by atoms with E-state index in [2.05, 4.69) is 21.0 Å². The smallest absolute Gasteiger partial charge is 0.343 e. The largest absolute Gasteiger partial charge is 0.378 e. The molecule has 3 N–H and O–H groups in total. The Bertz CT molecular complexity index is 101. The first-order valence-corrected chi connectivity index (χ1v) is 1.39. The normalized spacial score (nSPS) is 17.0. The van der Waals surface area contributed by atoms with Crippen LogP contribution in [-0.4, -0.2) is 5.96 Å². The topological polar surface area (TPSA) is 76.9 Å². The molecule has 6 heavy (non-hydrogen) atoms. The monoisotopic (exact) mass is 85.0 g/mol. The Hall–Kier alpha value is -1.13. The Labute approximate surface area is 33.9 Å². The third-order valence-electron chi connectivity index (χ3n) is 0.362. The number of guanidine groups is 1. The van der Waals surface area contributed by atoms with Crippen molar-refractivity contribution in [2.75, 3.05) is 0 Å². The molecule has 1 aliphatic rings. The minimum absolute atomic E-state index is 0.245. The number of nitrogens with zero attached hydrogens (tertiary/aromatic N) is 3. The first-order chi connectivity index (χ1) is 2.89. The van der Waals surface area contributed by atoms with Crippen LogP contribution in [-0.2, 0) is 0 Å². The summed E-state index contributed by atoms with van der Waals surface area (Å²) in [6, 6.07) is 0. The second kappa shape index (κ2) is 0.925. The SMILES string of the molecule is NC1=NN=[N+]N1. The number of nitrogens with one attached hydrogen (secondary N) is 1. The Kier molecular flexibility index (Phi) is 0.474. The molecule has 0 aliphatic carbocycles. The van der Waals surface area contributed by atoms with Crippen LogP contribution < -0.4 is 16.4 Å². The van der Waals surface area contributed by atoms with Crippen molar-refractivity contribution in [2.24, 2.45) is 16.1 Å². The van der Waals surface area contributed by atoms with E-state index in [9.17, 15) is 0 Å². The van der Waals surface area contributed by atoms with Gasteiger partial charge in [0, 0.05) is 0 Å². The summed E-state index contributed by atoms with van der Waals surface area (Å²) in [5.74, 6) is 0.245. The van der Waals surface area contributed by atoms with E-state index in [4.69, 9.17) is 5.73 Å².